The molecule has 94 valence electrons. The lowest BCUT2D eigenvalue weighted by Gasteiger charge is -2.16. The van der Waals surface area contributed by atoms with Gasteiger partial charge in [0.1, 0.15) is 10.7 Å². The van der Waals surface area contributed by atoms with Crippen LogP contribution in [0.15, 0.2) is 46.7 Å². The molecule has 0 aliphatic heterocycles. The first kappa shape index (κ1) is 11.7. The number of ketones is 2. The molecule has 0 amide bonds. The number of aromatic nitrogens is 2. The quantitative estimate of drug-likeness (QED) is 0.819. The molecular weight excluding hydrogens is 264 g/mol. The second kappa shape index (κ2) is 4.40. The number of thioether (sulfide) groups is 1. The van der Waals surface area contributed by atoms with Crippen LogP contribution >= 0.6 is 11.8 Å². The molecule has 3 rings (SSSR count). The second-order valence-corrected chi connectivity index (χ2v) is 4.88. The van der Waals surface area contributed by atoms with Crippen LogP contribution in [0.5, 0.6) is 0 Å². The zero-order valence-corrected chi connectivity index (χ0v) is 10.4. The van der Waals surface area contributed by atoms with E-state index in [1.54, 1.807) is 24.4 Å². The maximum atomic E-state index is 12.0. The average molecular weight is 272 g/mol. The van der Waals surface area contributed by atoms with Crippen molar-refractivity contribution >= 4 is 29.1 Å². The number of carbonyl (C=O) groups excluding carboxylic acids is 2. The van der Waals surface area contributed by atoms with Crippen molar-refractivity contribution in [3.05, 3.63) is 52.7 Å². The van der Waals surface area contributed by atoms with Crippen molar-refractivity contribution < 1.29 is 14.7 Å². The lowest BCUT2D eigenvalue weighted by atomic mass is 9.94. The zero-order valence-electron chi connectivity index (χ0n) is 9.58. The third-order valence-electron chi connectivity index (χ3n) is 2.73. The number of rotatable bonds is 2. The summed E-state index contributed by atoms with van der Waals surface area (Å²) in [5, 5.41) is 10.6. The Labute approximate surface area is 112 Å². The van der Waals surface area contributed by atoms with E-state index in [9.17, 15) is 14.7 Å². The summed E-state index contributed by atoms with van der Waals surface area (Å²) in [5.41, 5.74) is 0.606. The SMILES string of the molecule is O=C1C(=O)c2ccccc2C(O)=C1Sc1ncc[nH]1. The van der Waals surface area contributed by atoms with Gasteiger partial charge >= 0.3 is 0 Å². The maximum Gasteiger partial charge on any atom is 0.244 e. The molecule has 0 atom stereocenters. The Balaban J connectivity index is 2.12. The highest BCUT2D eigenvalue weighted by Gasteiger charge is 2.33. The van der Waals surface area contributed by atoms with E-state index >= 15 is 0 Å². The number of carbonyl (C=O) groups is 2. The molecule has 0 spiro atoms. The van der Waals surface area contributed by atoms with E-state index in [1.165, 1.54) is 12.3 Å². The Morgan fingerprint density at radius 3 is 2.53 bits per heavy atom. The summed E-state index contributed by atoms with van der Waals surface area (Å²) >= 11 is 0.947. The summed E-state index contributed by atoms with van der Waals surface area (Å²) in [4.78, 5) is 30.7. The summed E-state index contributed by atoms with van der Waals surface area (Å²) in [6.45, 7) is 0. The normalized spacial score (nSPS) is 14.7. The summed E-state index contributed by atoms with van der Waals surface area (Å²) < 4.78 is 0. The number of Topliss-reactive ketones (excluding diaryl/α,β-unsaturated/α-hetero) is 2. The van der Waals surface area contributed by atoms with Gasteiger partial charge in [-0.3, -0.25) is 9.59 Å². The molecule has 0 radical (unpaired) electrons. The third kappa shape index (κ3) is 1.86. The van der Waals surface area contributed by atoms with Gasteiger partial charge in [0.05, 0.1) is 0 Å². The number of aliphatic hydroxyl groups is 1. The number of imidazole rings is 1. The van der Waals surface area contributed by atoms with Crippen molar-refractivity contribution in [1.82, 2.24) is 9.97 Å². The van der Waals surface area contributed by atoms with Crippen molar-refractivity contribution in [1.29, 1.82) is 0 Å². The Morgan fingerprint density at radius 1 is 1.11 bits per heavy atom. The zero-order chi connectivity index (χ0) is 13.4. The van der Waals surface area contributed by atoms with Crippen molar-refractivity contribution in [3.63, 3.8) is 0 Å². The van der Waals surface area contributed by atoms with E-state index in [1.807, 2.05) is 0 Å². The van der Waals surface area contributed by atoms with Gasteiger partial charge in [0.15, 0.2) is 5.16 Å². The fourth-order valence-electron chi connectivity index (χ4n) is 1.84. The van der Waals surface area contributed by atoms with Gasteiger partial charge in [0.2, 0.25) is 11.6 Å². The van der Waals surface area contributed by atoms with Crippen LogP contribution < -0.4 is 0 Å². The van der Waals surface area contributed by atoms with E-state index in [4.69, 9.17) is 0 Å². The molecule has 1 aliphatic rings. The number of hydrogen-bond donors (Lipinski definition) is 2. The van der Waals surface area contributed by atoms with Gasteiger partial charge in [-0.05, 0) is 11.8 Å². The number of H-pyrrole nitrogens is 1. The standard InChI is InChI=1S/C13H8N2O3S/c16-9-7-3-1-2-4-8(7)10(17)12(11(9)18)19-13-14-5-6-15-13/h1-6,17H,(H,14,15). The predicted octanol–water partition coefficient (Wildman–Crippen LogP) is 2.19. The Hall–Kier alpha value is -2.34. The molecule has 1 aliphatic carbocycles. The summed E-state index contributed by atoms with van der Waals surface area (Å²) in [5.74, 6) is -1.50. The maximum absolute atomic E-state index is 12.0. The number of aromatic amines is 1. The monoisotopic (exact) mass is 272 g/mol. The van der Waals surface area contributed by atoms with Crippen molar-refractivity contribution in [2.45, 2.75) is 5.16 Å². The van der Waals surface area contributed by atoms with Crippen LogP contribution in [0, 0.1) is 0 Å². The predicted molar refractivity (Wildman–Crippen MR) is 69.8 cm³/mol. The van der Waals surface area contributed by atoms with Gasteiger partial charge in [-0.25, -0.2) is 4.98 Å². The molecule has 0 fully saturated rings. The van der Waals surface area contributed by atoms with E-state index < -0.39 is 11.6 Å². The van der Waals surface area contributed by atoms with Gasteiger partial charge in [-0.1, -0.05) is 24.3 Å². The number of hydrogen-bond acceptors (Lipinski definition) is 5. The molecule has 2 aromatic rings. The number of fused-ring (bicyclic) bond motifs is 1. The number of aliphatic hydroxyl groups excluding tert-OH is 1. The topological polar surface area (TPSA) is 83.1 Å². The molecule has 1 heterocycles. The Kier molecular flexibility index (Phi) is 2.72. The highest BCUT2D eigenvalue weighted by atomic mass is 32.2. The van der Waals surface area contributed by atoms with Crippen LogP contribution in [0.2, 0.25) is 0 Å². The van der Waals surface area contributed by atoms with Gasteiger partial charge in [-0.15, -0.1) is 0 Å². The Morgan fingerprint density at radius 2 is 1.84 bits per heavy atom. The van der Waals surface area contributed by atoms with Crippen LogP contribution in [-0.2, 0) is 4.79 Å². The van der Waals surface area contributed by atoms with E-state index in [2.05, 4.69) is 9.97 Å². The summed E-state index contributed by atoms with van der Waals surface area (Å²) in [6, 6.07) is 6.49. The molecule has 0 saturated heterocycles. The lowest BCUT2D eigenvalue weighted by Crippen LogP contribution is -2.22. The van der Waals surface area contributed by atoms with Crippen LogP contribution in [0.1, 0.15) is 15.9 Å². The van der Waals surface area contributed by atoms with E-state index in [-0.39, 0.29) is 16.2 Å². The van der Waals surface area contributed by atoms with Crippen LogP contribution in [0.25, 0.3) is 5.76 Å². The molecule has 0 unspecified atom stereocenters. The minimum absolute atomic E-state index is 0.00125. The molecule has 19 heavy (non-hydrogen) atoms. The smallest absolute Gasteiger partial charge is 0.244 e. The third-order valence-corrected chi connectivity index (χ3v) is 3.73. The second-order valence-electron chi connectivity index (χ2n) is 3.88. The minimum Gasteiger partial charge on any atom is -0.506 e. The first-order valence-electron chi connectivity index (χ1n) is 5.47. The molecule has 0 saturated carbocycles. The van der Waals surface area contributed by atoms with Crippen molar-refractivity contribution in [2.75, 3.05) is 0 Å². The van der Waals surface area contributed by atoms with Gasteiger partial charge < -0.3 is 10.1 Å². The van der Waals surface area contributed by atoms with Crippen LogP contribution in [0.4, 0.5) is 0 Å². The largest absolute Gasteiger partial charge is 0.506 e. The van der Waals surface area contributed by atoms with Gasteiger partial charge in [-0.2, -0.15) is 0 Å². The molecule has 6 heteroatoms. The minimum atomic E-state index is -0.711. The van der Waals surface area contributed by atoms with E-state index in [0.29, 0.717) is 10.7 Å². The summed E-state index contributed by atoms with van der Waals surface area (Å²) in [7, 11) is 0. The molecule has 1 aromatic carbocycles. The molecular formula is C13H8N2O3S. The summed E-state index contributed by atoms with van der Waals surface area (Å²) in [6.07, 6.45) is 3.13. The van der Waals surface area contributed by atoms with Crippen LogP contribution in [-0.4, -0.2) is 26.6 Å². The molecule has 2 N–H and O–H groups in total. The molecule has 5 nitrogen and oxygen atoms in total. The number of nitrogens with one attached hydrogen (secondary N) is 1. The van der Waals surface area contributed by atoms with Gasteiger partial charge in [0.25, 0.3) is 0 Å². The van der Waals surface area contributed by atoms with E-state index in [0.717, 1.165) is 11.8 Å². The van der Waals surface area contributed by atoms with Crippen LogP contribution in [0.3, 0.4) is 0 Å². The first-order valence-corrected chi connectivity index (χ1v) is 6.29. The highest BCUT2D eigenvalue weighted by Crippen LogP contribution is 2.35. The van der Waals surface area contributed by atoms with Gasteiger partial charge in [0, 0.05) is 23.5 Å². The Bertz CT molecular complexity index is 704. The fraction of sp³-hybridized carbons (Fsp3) is 0. The molecule has 0 bridgehead atoms. The first-order chi connectivity index (χ1) is 9.18. The molecule has 1 aromatic heterocycles. The number of benzene rings is 1. The van der Waals surface area contributed by atoms with Crippen molar-refractivity contribution in [3.8, 4) is 0 Å². The van der Waals surface area contributed by atoms with Crippen molar-refractivity contribution in [2.24, 2.45) is 0 Å². The number of allylic oxidation sites excluding steroid dienone is 1. The number of nitrogens with zero attached hydrogens (tertiary/aromatic N) is 1. The fourth-order valence-corrected chi connectivity index (χ4v) is 2.67. The average Bonchev–Trinajstić information content (AvgIpc) is 2.94. The highest BCUT2D eigenvalue weighted by molar-refractivity contribution is 8.04. The lowest BCUT2D eigenvalue weighted by molar-refractivity contribution is -0.111.